The average Bonchev–Trinajstić information content (AvgIpc) is 2.89. The van der Waals surface area contributed by atoms with E-state index in [2.05, 4.69) is 24.4 Å². The van der Waals surface area contributed by atoms with Gasteiger partial charge in [0.05, 0.1) is 0 Å². The lowest BCUT2D eigenvalue weighted by Gasteiger charge is -2.29. The highest BCUT2D eigenvalue weighted by molar-refractivity contribution is 5.56. The lowest BCUT2D eigenvalue weighted by atomic mass is 9.83. The molecule has 1 aliphatic carbocycles. The SMILES string of the molecule is CCCC1CCC(Nc2ccc3c(c2)OCO3)CC1. The van der Waals surface area contributed by atoms with Crippen LogP contribution in [0.3, 0.4) is 0 Å². The number of anilines is 1. The van der Waals surface area contributed by atoms with Crippen molar-refractivity contribution in [1.29, 1.82) is 0 Å². The first-order chi connectivity index (χ1) is 9.35. The van der Waals surface area contributed by atoms with Crippen molar-refractivity contribution < 1.29 is 9.47 Å². The Kier molecular flexibility index (Phi) is 3.81. The summed E-state index contributed by atoms with van der Waals surface area (Å²) in [4.78, 5) is 0. The summed E-state index contributed by atoms with van der Waals surface area (Å²) in [6.07, 6.45) is 8.05. The number of ether oxygens (including phenoxy) is 2. The summed E-state index contributed by atoms with van der Waals surface area (Å²) >= 11 is 0. The molecular formula is C16H23NO2. The molecule has 3 nitrogen and oxygen atoms in total. The molecule has 1 aromatic rings. The van der Waals surface area contributed by atoms with E-state index in [1.54, 1.807) is 0 Å². The van der Waals surface area contributed by atoms with Crippen LogP contribution in [0.1, 0.15) is 45.4 Å². The third-order valence-corrected chi connectivity index (χ3v) is 4.29. The summed E-state index contributed by atoms with van der Waals surface area (Å²) in [7, 11) is 0. The topological polar surface area (TPSA) is 30.5 Å². The Bertz CT molecular complexity index is 425. The van der Waals surface area contributed by atoms with Gasteiger partial charge in [-0.15, -0.1) is 0 Å². The normalized spacial score (nSPS) is 25.3. The predicted molar refractivity (Wildman–Crippen MR) is 76.8 cm³/mol. The van der Waals surface area contributed by atoms with Crippen LogP contribution in [0.2, 0.25) is 0 Å². The Morgan fingerprint density at radius 2 is 1.89 bits per heavy atom. The molecule has 1 aromatic carbocycles. The fraction of sp³-hybridized carbons (Fsp3) is 0.625. The van der Waals surface area contributed by atoms with Crippen molar-refractivity contribution in [3.63, 3.8) is 0 Å². The smallest absolute Gasteiger partial charge is 0.231 e. The van der Waals surface area contributed by atoms with E-state index in [9.17, 15) is 0 Å². The number of hydrogen-bond acceptors (Lipinski definition) is 3. The van der Waals surface area contributed by atoms with Crippen molar-refractivity contribution in [2.45, 2.75) is 51.5 Å². The van der Waals surface area contributed by atoms with E-state index in [1.165, 1.54) is 38.5 Å². The highest BCUT2D eigenvalue weighted by atomic mass is 16.7. The van der Waals surface area contributed by atoms with Crippen LogP contribution < -0.4 is 14.8 Å². The van der Waals surface area contributed by atoms with Gasteiger partial charge in [-0.3, -0.25) is 0 Å². The molecule has 0 radical (unpaired) electrons. The van der Waals surface area contributed by atoms with Crippen molar-refractivity contribution >= 4 is 5.69 Å². The molecular weight excluding hydrogens is 238 g/mol. The third-order valence-electron chi connectivity index (χ3n) is 4.29. The minimum Gasteiger partial charge on any atom is -0.454 e. The molecule has 2 aliphatic rings. The van der Waals surface area contributed by atoms with Gasteiger partial charge in [-0.05, 0) is 43.7 Å². The fourth-order valence-corrected chi connectivity index (χ4v) is 3.23. The Morgan fingerprint density at radius 3 is 2.68 bits per heavy atom. The van der Waals surface area contributed by atoms with Crippen molar-refractivity contribution in [3.8, 4) is 11.5 Å². The molecule has 1 fully saturated rings. The molecule has 0 bridgehead atoms. The van der Waals surface area contributed by atoms with Crippen LogP contribution in [0.4, 0.5) is 5.69 Å². The predicted octanol–water partition coefficient (Wildman–Crippen LogP) is 4.19. The molecule has 0 unspecified atom stereocenters. The fourth-order valence-electron chi connectivity index (χ4n) is 3.23. The maximum atomic E-state index is 5.42. The van der Waals surface area contributed by atoms with Gasteiger partial charge in [-0.1, -0.05) is 19.8 Å². The summed E-state index contributed by atoms with van der Waals surface area (Å²) in [6, 6.07) is 6.76. The van der Waals surface area contributed by atoms with Crippen molar-refractivity contribution in [2.75, 3.05) is 12.1 Å². The molecule has 3 heteroatoms. The summed E-state index contributed by atoms with van der Waals surface area (Å²) in [5.41, 5.74) is 1.16. The maximum absolute atomic E-state index is 5.42. The Hall–Kier alpha value is -1.38. The highest BCUT2D eigenvalue weighted by Gasteiger charge is 2.21. The summed E-state index contributed by atoms with van der Waals surface area (Å²) in [5.74, 6) is 2.68. The molecule has 1 N–H and O–H groups in total. The van der Waals surface area contributed by atoms with Gasteiger partial charge in [-0.2, -0.15) is 0 Å². The molecule has 3 rings (SSSR count). The number of hydrogen-bond donors (Lipinski definition) is 1. The van der Waals surface area contributed by atoms with Gasteiger partial charge in [-0.25, -0.2) is 0 Å². The molecule has 1 heterocycles. The molecule has 104 valence electrons. The second kappa shape index (κ2) is 5.72. The van der Waals surface area contributed by atoms with E-state index in [0.29, 0.717) is 12.8 Å². The second-order valence-corrected chi connectivity index (χ2v) is 5.72. The van der Waals surface area contributed by atoms with E-state index < -0.39 is 0 Å². The molecule has 19 heavy (non-hydrogen) atoms. The van der Waals surface area contributed by atoms with Crippen molar-refractivity contribution in [2.24, 2.45) is 5.92 Å². The quantitative estimate of drug-likeness (QED) is 0.881. The highest BCUT2D eigenvalue weighted by Crippen LogP contribution is 2.35. The van der Waals surface area contributed by atoms with Crippen molar-refractivity contribution in [3.05, 3.63) is 18.2 Å². The zero-order valence-electron chi connectivity index (χ0n) is 11.7. The summed E-state index contributed by atoms with van der Waals surface area (Å²) < 4.78 is 10.7. The van der Waals surface area contributed by atoms with E-state index in [0.717, 1.165) is 23.1 Å². The van der Waals surface area contributed by atoms with Crippen molar-refractivity contribution in [1.82, 2.24) is 0 Å². The van der Waals surface area contributed by atoms with E-state index >= 15 is 0 Å². The molecule has 1 saturated carbocycles. The van der Waals surface area contributed by atoms with Crippen LogP contribution in [0.15, 0.2) is 18.2 Å². The summed E-state index contributed by atoms with van der Waals surface area (Å²) in [6.45, 7) is 2.64. The van der Waals surface area contributed by atoms with Gasteiger partial charge >= 0.3 is 0 Å². The standard InChI is InChI=1S/C16H23NO2/c1-2-3-12-4-6-13(7-5-12)17-14-8-9-15-16(10-14)19-11-18-15/h8-10,12-13,17H,2-7,11H2,1H3. The second-order valence-electron chi connectivity index (χ2n) is 5.72. The van der Waals surface area contributed by atoms with Gasteiger partial charge in [0, 0.05) is 17.8 Å². The van der Waals surface area contributed by atoms with E-state index in [1.807, 2.05) is 6.07 Å². The van der Waals surface area contributed by atoms with Crippen LogP contribution in [-0.4, -0.2) is 12.8 Å². The average molecular weight is 261 g/mol. The maximum Gasteiger partial charge on any atom is 0.231 e. The van der Waals surface area contributed by atoms with E-state index in [-0.39, 0.29) is 0 Å². The minimum atomic E-state index is 0.348. The summed E-state index contributed by atoms with van der Waals surface area (Å²) in [5, 5.41) is 3.64. The lowest BCUT2D eigenvalue weighted by molar-refractivity contribution is 0.174. The Labute approximate surface area is 115 Å². The van der Waals surface area contributed by atoms with Gasteiger partial charge in [0.15, 0.2) is 11.5 Å². The molecule has 0 saturated heterocycles. The van der Waals surface area contributed by atoms with Gasteiger partial charge in [0.2, 0.25) is 6.79 Å². The Balaban J connectivity index is 1.55. The van der Waals surface area contributed by atoms with E-state index in [4.69, 9.17) is 9.47 Å². The minimum absolute atomic E-state index is 0.348. The van der Waals surface area contributed by atoms with Gasteiger partial charge < -0.3 is 14.8 Å². The first-order valence-corrected chi connectivity index (χ1v) is 7.51. The van der Waals surface area contributed by atoms with Crippen LogP contribution in [0.25, 0.3) is 0 Å². The zero-order valence-corrected chi connectivity index (χ0v) is 11.7. The molecule has 0 spiro atoms. The lowest BCUT2D eigenvalue weighted by Crippen LogP contribution is -2.26. The number of nitrogens with one attached hydrogen (secondary N) is 1. The van der Waals surface area contributed by atoms with Crippen LogP contribution in [-0.2, 0) is 0 Å². The molecule has 1 aliphatic heterocycles. The number of benzene rings is 1. The van der Waals surface area contributed by atoms with Crippen LogP contribution in [0.5, 0.6) is 11.5 Å². The first-order valence-electron chi connectivity index (χ1n) is 7.51. The Morgan fingerprint density at radius 1 is 1.11 bits per heavy atom. The zero-order chi connectivity index (χ0) is 13.1. The first kappa shape index (κ1) is 12.6. The van der Waals surface area contributed by atoms with Gasteiger partial charge in [0.1, 0.15) is 0 Å². The molecule has 0 atom stereocenters. The van der Waals surface area contributed by atoms with Gasteiger partial charge in [0.25, 0.3) is 0 Å². The molecule has 0 amide bonds. The third kappa shape index (κ3) is 2.96. The monoisotopic (exact) mass is 261 g/mol. The number of fused-ring (bicyclic) bond motifs is 1. The van der Waals surface area contributed by atoms with Crippen LogP contribution in [0, 0.1) is 5.92 Å². The van der Waals surface area contributed by atoms with Crippen LogP contribution >= 0.6 is 0 Å². The number of rotatable bonds is 4. The molecule has 0 aromatic heterocycles. The largest absolute Gasteiger partial charge is 0.454 e.